The van der Waals surface area contributed by atoms with Crippen LogP contribution in [0.1, 0.15) is 0 Å². The van der Waals surface area contributed by atoms with E-state index < -0.39 is 0 Å². The Morgan fingerprint density at radius 2 is 1.84 bits per heavy atom. The number of pyridine rings is 1. The molecule has 0 saturated carbocycles. The fourth-order valence-corrected chi connectivity index (χ4v) is 1.99. The molecule has 1 aromatic carbocycles. The molecule has 3 rings (SSSR count). The summed E-state index contributed by atoms with van der Waals surface area (Å²) in [5.41, 5.74) is 7.99. The predicted molar refractivity (Wildman–Crippen MR) is 74.0 cm³/mol. The summed E-state index contributed by atoms with van der Waals surface area (Å²) < 4.78 is 1.51. The van der Waals surface area contributed by atoms with Gasteiger partial charge in [0.2, 0.25) is 0 Å². The largest absolute Gasteiger partial charge is 0.382 e. The van der Waals surface area contributed by atoms with Crippen LogP contribution >= 0.6 is 11.6 Å². The van der Waals surface area contributed by atoms with Crippen molar-refractivity contribution < 1.29 is 0 Å². The van der Waals surface area contributed by atoms with Crippen molar-refractivity contribution in [2.45, 2.75) is 0 Å². The first kappa shape index (κ1) is 11.7. The molecule has 0 spiro atoms. The van der Waals surface area contributed by atoms with E-state index in [1.165, 1.54) is 4.68 Å². The lowest BCUT2D eigenvalue weighted by Crippen LogP contribution is -2.03. The molecule has 0 unspecified atom stereocenters. The molecule has 0 aliphatic rings. The molecule has 0 aliphatic carbocycles. The molecular weight excluding hydrogens is 262 g/mol. The van der Waals surface area contributed by atoms with Crippen molar-refractivity contribution in [1.82, 2.24) is 20.0 Å². The van der Waals surface area contributed by atoms with E-state index in [1.807, 2.05) is 36.4 Å². The number of nitrogens with zero attached hydrogens (tertiary/aromatic N) is 4. The quantitative estimate of drug-likeness (QED) is 0.778. The number of hydrogen-bond donors (Lipinski definition) is 1. The zero-order chi connectivity index (χ0) is 13.2. The number of anilines is 1. The average Bonchev–Trinajstić information content (AvgIpc) is 2.82. The van der Waals surface area contributed by atoms with Gasteiger partial charge in [0.1, 0.15) is 0 Å². The minimum absolute atomic E-state index is 0.409. The van der Waals surface area contributed by atoms with Crippen LogP contribution in [-0.4, -0.2) is 20.0 Å². The molecule has 2 N–H and O–H groups in total. The molecular formula is C13H10ClN5. The number of rotatable bonds is 2. The fraction of sp³-hybridized carbons (Fsp3) is 0. The normalized spacial score (nSPS) is 10.6. The highest BCUT2D eigenvalue weighted by atomic mass is 35.5. The Hall–Kier alpha value is -2.40. The molecule has 2 heterocycles. The van der Waals surface area contributed by atoms with Crippen LogP contribution in [0.5, 0.6) is 0 Å². The third-order valence-electron chi connectivity index (χ3n) is 2.69. The number of nitrogen functional groups attached to an aromatic ring is 1. The number of para-hydroxylation sites is 1. The number of hydrogen-bond acceptors (Lipinski definition) is 4. The SMILES string of the molecule is Nc1c(-c2ccccn2)nnn1-c1ccccc1Cl. The van der Waals surface area contributed by atoms with Crippen LogP contribution < -0.4 is 5.73 Å². The maximum Gasteiger partial charge on any atom is 0.157 e. The fourth-order valence-electron chi connectivity index (χ4n) is 1.78. The molecule has 0 fully saturated rings. The zero-order valence-corrected chi connectivity index (χ0v) is 10.6. The molecule has 0 atom stereocenters. The Balaban J connectivity index is 2.12. The number of benzene rings is 1. The minimum Gasteiger partial charge on any atom is -0.382 e. The summed E-state index contributed by atoms with van der Waals surface area (Å²) in [5, 5.41) is 8.67. The summed E-state index contributed by atoms with van der Waals surface area (Å²) in [6.45, 7) is 0. The van der Waals surface area contributed by atoms with Crippen molar-refractivity contribution in [3.05, 3.63) is 53.7 Å². The van der Waals surface area contributed by atoms with Crippen molar-refractivity contribution in [2.24, 2.45) is 0 Å². The second kappa shape index (κ2) is 4.70. The van der Waals surface area contributed by atoms with Crippen molar-refractivity contribution in [2.75, 3.05) is 5.73 Å². The van der Waals surface area contributed by atoms with Crippen molar-refractivity contribution in [3.63, 3.8) is 0 Å². The van der Waals surface area contributed by atoms with Crippen LogP contribution in [0.25, 0.3) is 17.1 Å². The van der Waals surface area contributed by atoms with Gasteiger partial charge in [-0.05, 0) is 24.3 Å². The molecule has 0 aliphatic heterocycles. The van der Waals surface area contributed by atoms with Gasteiger partial charge in [0, 0.05) is 6.20 Å². The molecule has 5 nitrogen and oxygen atoms in total. The molecule has 0 saturated heterocycles. The topological polar surface area (TPSA) is 69.6 Å². The van der Waals surface area contributed by atoms with Crippen molar-refractivity contribution in [1.29, 1.82) is 0 Å². The van der Waals surface area contributed by atoms with Gasteiger partial charge in [0.05, 0.1) is 16.4 Å². The zero-order valence-electron chi connectivity index (χ0n) is 9.86. The monoisotopic (exact) mass is 271 g/mol. The minimum atomic E-state index is 0.409. The Labute approximate surface area is 114 Å². The number of aromatic nitrogens is 4. The molecule has 0 radical (unpaired) electrons. The molecule has 3 aromatic rings. The highest BCUT2D eigenvalue weighted by molar-refractivity contribution is 6.32. The van der Waals surface area contributed by atoms with E-state index in [1.54, 1.807) is 12.3 Å². The van der Waals surface area contributed by atoms with E-state index in [9.17, 15) is 0 Å². The first-order valence-corrected chi connectivity index (χ1v) is 6.02. The lowest BCUT2D eigenvalue weighted by molar-refractivity contribution is 0.810. The molecule has 94 valence electrons. The Morgan fingerprint density at radius 3 is 2.58 bits per heavy atom. The van der Waals surface area contributed by atoms with Gasteiger partial charge in [0.25, 0.3) is 0 Å². The summed E-state index contributed by atoms with van der Waals surface area (Å²) in [6.07, 6.45) is 1.68. The van der Waals surface area contributed by atoms with Gasteiger partial charge < -0.3 is 5.73 Å². The maximum atomic E-state index is 6.13. The summed E-state index contributed by atoms with van der Waals surface area (Å²) in [7, 11) is 0. The summed E-state index contributed by atoms with van der Waals surface area (Å²) in [5.74, 6) is 0.409. The highest BCUT2D eigenvalue weighted by Crippen LogP contribution is 2.26. The number of nitrogens with two attached hydrogens (primary N) is 1. The van der Waals surface area contributed by atoms with Crippen LogP contribution in [0.2, 0.25) is 5.02 Å². The molecule has 2 aromatic heterocycles. The van der Waals surface area contributed by atoms with Gasteiger partial charge in [-0.2, -0.15) is 4.68 Å². The summed E-state index contributed by atoms with van der Waals surface area (Å²) in [4.78, 5) is 4.21. The van der Waals surface area contributed by atoms with Crippen LogP contribution in [0.3, 0.4) is 0 Å². The first-order valence-electron chi connectivity index (χ1n) is 5.65. The van der Waals surface area contributed by atoms with E-state index in [2.05, 4.69) is 15.3 Å². The van der Waals surface area contributed by atoms with Gasteiger partial charge in [-0.15, -0.1) is 5.10 Å². The molecule has 0 bridgehead atoms. The van der Waals surface area contributed by atoms with E-state index in [0.29, 0.717) is 27.9 Å². The summed E-state index contributed by atoms with van der Waals surface area (Å²) in [6, 6.07) is 12.8. The Morgan fingerprint density at radius 1 is 1.05 bits per heavy atom. The van der Waals surface area contributed by atoms with E-state index in [4.69, 9.17) is 17.3 Å². The van der Waals surface area contributed by atoms with E-state index in [0.717, 1.165) is 0 Å². The molecule has 6 heteroatoms. The second-order valence-electron chi connectivity index (χ2n) is 3.90. The van der Waals surface area contributed by atoms with Gasteiger partial charge in [0.15, 0.2) is 11.5 Å². The highest BCUT2D eigenvalue weighted by Gasteiger charge is 2.15. The second-order valence-corrected chi connectivity index (χ2v) is 4.31. The summed E-state index contributed by atoms with van der Waals surface area (Å²) >= 11 is 6.13. The van der Waals surface area contributed by atoms with Crippen LogP contribution in [-0.2, 0) is 0 Å². The lowest BCUT2D eigenvalue weighted by atomic mass is 10.2. The Kier molecular flexibility index (Phi) is 2.89. The third-order valence-corrected chi connectivity index (χ3v) is 3.01. The van der Waals surface area contributed by atoms with Crippen molar-refractivity contribution >= 4 is 17.4 Å². The van der Waals surface area contributed by atoms with E-state index in [-0.39, 0.29) is 0 Å². The predicted octanol–water partition coefficient (Wildman–Crippen LogP) is 2.56. The van der Waals surface area contributed by atoms with Crippen LogP contribution in [0.15, 0.2) is 48.7 Å². The van der Waals surface area contributed by atoms with E-state index >= 15 is 0 Å². The maximum absolute atomic E-state index is 6.13. The van der Waals surface area contributed by atoms with Gasteiger partial charge in [-0.1, -0.05) is 35.0 Å². The van der Waals surface area contributed by atoms with Crippen LogP contribution in [0, 0.1) is 0 Å². The van der Waals surface area contributed by atoms with Gasteiger partial charge in [-0.3, -0.25) is 4.98 Å². The number of halogens is 1. The smallest absolute Gasteiger partial charge is 0.157 e. The molecule has 19 heavy (non-hydrogen) atoms. The third kappa shape index (κ3) is 2.04. The standard InChI is InChI=1S/C13H10ClN5/c14-9-5-1-2-7-11(9)19-13(15)12(17-18-19)10-6-3-4-8-16-10/h1-8H,15H2. The Bertz CT molecular complexity index is 708. The molecule has 0 amide bonds. The average molecular weight is 272 g/mol. The lowest BCUT2D eigenvalue weighted by Gasteiger charge is -2.05. The van der Waals surface area contributed by atoms with Gasteiger partial charge >= 0.3 is 0 Å². The first-order chi connectivity index (χ1) is 9.27. The van der Waals surface area contributed by atoms with Crippen molar-refractivity contribution in [3.8, 4) is 17.1 Å². The van der Waals surface area contributed by atoms with Crippen LogP contribution in [0.4, 0.5) is 5.82 Å². The van der Waals surface area contributed by atoms with Gasteiger partial charge in [-0.25, -0.2) is 0 Å².